The van der Waals surface area contributed by atoms with Gasteiger partial charge in [-0.2, -0.15) is 0 Å². The number of nitrogens with two attached hydrogens (primary N) is 1. The summed E-state index contributed by atoms with van der Waals surface area (Å²) in [4.78, 5) is 12.9. The summed E-state index contributed by atoms with van der Waals surface area (Å²) in [6.07, 6.45) is 0. The van der Waals surface area contributed by atoms with E-state index < -0.39 is 0 Å². The van der Waals surface area contributed by atoms with Crippen molar-refractivity contribution in [1.29, 1.82) is 0 Å². The van der Waals surface area contributed by atoms with Crippen LogP contribution in [0, 0.1) is 6.92 Å². The molecule has 0 heterocycles. The molecule has 0 aliphatic heterocycles. The first-order valence-electron chi connectivity index (χ1n) is 6.52. The number of methoxy groups -OCH3 is 1. The van der Waals surface area contributed by atoms with Gasteiger partial charge in [0.2, 0.25) is 5.91 Å². The number of thioether (sulfide) groups is 1. The second kappa shape index (κ2) is 7.04. The zero-order valence-corrected chi connectivity index (χ0v) is 12.9. The highest BCUT2D eigenvalue weighted by molar-refractivity contribution is 8.00. The molecule has 0 aliphatic rings. The summed E-state index contributed by atoms with van der Waals surface area (Å²) >= 11 is 1.43. The molecule has 2 aromatic rings. The van der Waals surface area contributed by atoms with Crippen LogP contribution in [0.2, 0.25) is 0 Å². The molecule has 0 spiro atoms. The van der Waals surface area contributed by atoms with Gasteiger partial charge in [-0.25, -0.2) is 0 Å². The van der Waals surface area contributed by atoms with Crippen LogP contribution >= 0.6 is 11.8 Å². The summed E-state index contributed by atoms with van der Waals surface area (Å²) in [5.74, 6) is 0.947. The second-order valence-electron chi connectivity index (χ2n) is 4.56. The summed E-state index contributed by atoms with van der Waals surface area (Å²) in [6, 6.07) is 13.1. The fourth-order valence-corrected chi connectivity index (χ4v) is 2.67. The first kappa shape index (κ1) is 15.3. The van der Waals surface area contributed by atoms with E-state index in [-0.39, 0.29) is 5.91 Å². The van der Waals surface area contributed by atoms with Crippen LogP contribution in [-0.2, 0) is 4.79 Å². The fourth-order valence-electron chi connectivity index (χ4n) is 1.82. The number of ether oxygens (including phenoxy) is 1. The third-order valence-corrected chi connectivity index (χ3v) is 4.07. The Kier molecular flexibility index (Phi) is 5.11. The van der Waals surface area contributed by atoms with E-state index in [0.29, 0.717) is 11.5 Å². The molecule has 21 heavy (non-hydrogen) atoms. The van der Waals surface area contributed by atoms with Crippen LogP contribution in [0.5, 0.6) is 5.75 Å². The Morgan fingerprint density at radius 2 is 2.05 bits per heavy atom. The van der Waals surface area contributed by atoms with Crippen molar-refractivity contribution < 1.29 is 9.53 Å². The van der Waals surface area contributed by atoms with Gasteiger partial charge in [-0.3, -0.25) is 4.79 Å². The number of nitrogens with one attached hydrogen (secondary N) is 1. The molecule has 2 rings (SSSR count). The van der Waals surface area contributed by atoms with Crippen molar-refractivity contribution in [2.24, 2.45) is 0 Å². The minimum absolute atomic E-state index is 0.0749. The maximum Gasteiger partial charge on any atom is 0.234 e. The molecule has 1 amide bonds. The van der Waals surface area contributed by atoms with Gasteiger partial charge < -0.3 is 15.8 Å². The number of amides is 1. The van der Waals surface area contributed by atoms with E-state index in [9.17, 15) is 4.79 Å². The molecule has 0 fully saturated rings. The van der Waals surface area contributed by atoms with E-state index in [4.69, 9.17) is 10.5 Å². The molecule has 0 aromatic heterocycles. The molecular weight excluding hydrogens is 284 g/mol. The molecule has 0 radical (unpaired) electrons. The number of carbonyl (C=O) groups is 1. The molecule has 0 saturated heterocycles. The number of hydrogen-bond donors (Lipinski definition) is 2. The minimum Gasteiger partial charge on any atom is -0.497 e. The Morgan fingerprint density at radius 3 is 2.81 bits per heavy atom. The summed E-state index contributed by atoms with van der Waals surface area (Å²) < 4.78 is 5.12. The maximum absolute atomic E-state index is 12.0. The highest BCUT2D eigenvalue weighted by Crippen LogP contribution is 2.27. The molecule has 0 unspecified atom stereocenters. The van der Waals surface area contributed by atoms with Crippen LogP contribution in [0.3, 0.4) is 0 Å². The lowest BCUT2D eigenvalue weighted by Gasteiger charge is -2.09. The normalized spacial score (nSPS) is 10.2. The van der Waals surface area contributed by atoms with Crippen molar-refractivity contribution in [2.45, 2.75) is 11.8 Å². The topological polar surface area (TPSA) is 64.3 Å². The fraction of sp³-hybridized carbons (Fsp3) is 0.188. The zero-order valence-electron chi connectivity index (χ0n) is 12.1. The van der Waals surface area contributed by atoms with Gasteiger partial charge in [0.1, 0.15) is 5.75 Å². The zero-order chi connectivity index (χ0) is 15.2. The van der Waals surface area contributed by atoms with Crippen LogP contribution in [-0.4, -0.2) is 18.8 Å². The number of hydrogen-bond acceptors (Lipinski definition) is 4. The number of anilines is 2. The van der Waals surface area contributed by atoms with Crippen molar-refractivity contribution >= 4 is 29.0 Å². The lowest BCUT2D eigenvalue weighted by Crippen LogP contribution is -2.14. The number of carbonyl (C=O) groups excluding carboxylic acids is 1. The third kappa shape index (κ3) is 4.16. The van der Waals surface area contributed by atoms with E-state index in [1.807, 2.05) is 43.3 Å². The predicted molar refractivity (Wildman–Crippen MR) is 87.9 cm³/mol. The number of para-hydroxylation sites is 1. The molecule has 5 heteroatoms. The van der Waals surface area contributed by atoms with Gasteiger partial charge in [-0.05, 0) is 30.7 Å². The smallest absolute Gasteiger partial charge is 0.234 e. The Morgan fingerprint density at radius 1 is 1.29 bits per heavy atom. The molecule has 2 aromatic carbocycles. The molecule has 0 saturated carbocycles. The summed E-state index contributed by atoms with van der Waals surface area (Å²) in [5, 5.41) is 2.84. The SMILES string of the molecule is COc1cccc(NC(=O)CSc2cccc(C)c2N)c1. The van der Waals surface area contributed by atoms with E-state index >= 15 is 0 Å². The van der Waals surface area contributed by atoms with Crippen LogP contribution < -0.4 is 15.8 Å². The highest BCUT2D eigenvalue weighted by Gasteiger charge is 2.07. The number of nitrogen functional groups attached to an aromatic ring is 1. The molecule has 0 bridgehead atoms. The van der Waals surface area contributed by atoms with Crippen molar-refractivity contribution in [3.63, 3.8) is 0 Å². The average Bonchev–Trinajstić information content (AvgIpc) is 2.49. The quantitative estimate of drug-likeness (QED) is 0.657. The highest BCUT2D eigenvalue weighted by atomic mass is 32.2. The molecular formula is C16H18N2O2S. The first-order chi connectivity index (χ1) is 10.1. The van der Waals surface area contributed by atoms with Crippen molar-refractivity contribution in [1.82, 2.24) is 0 Å². The van der Waals surface area contributed by atoms with Gasteiger partial charge in [-0.15, -0.1) is 11.8 Å². The van der Waals surface area contributed by atoms with Crippen molar-refractivity contribution in [2.75, 3.05) is 23.9 Å². The lowest BCUT2D eigenvalue weighted by molar-refractivity contribution is -0.113. The van der Waals surface area contributed by atoms with Gasteiger partial charge in [0.25, 0.3) is 0 Å². The standard InChI is InChI=1S/C16H18N2O2S/c1-11-5-3-8-14(16(11)17)21-10-15(19)18-12-6-4-7-13(9-12)20-2/h3-9H,10,17H2,1-2H3,(H,18,19). The van der Waals surface area contributed by atoms with Crippen molar-refractivity contribution in [3.8, 4) is 5.75 Å². The average molecular weight is 302 g/mol. The molecule has 0 atom stereocenters. The van der Waals surface area contributed by atoms with Gasteiger partial charge in [0.05, 0.1) is 12.9 Å². The molecule has 4 nitrogen and oxygen atoms in total. The van der Waals surface area contributed by atoms with E-state index in [1.54, 1.807) is 13.2 Å². The Bertz CT molecular complexity index is 644. The van der Waals surface area contributed by atoms with Crippen LogP contribution in [0.15, 0.2) is 47.4 Å². The van der Waals surface area contributed by atoms with Gasteiger partial charge in [0.15, 0.2) is 0 Å². The van der Waals surface area contributed by atoms with Gasteiger partial charge in [-0.1, -0.05) is 18.2 Å². The summed E-state index contributed by atoms with van der Waals surface area (Å²) in [7, 11) is 1.59. The van der Waals surface area contributed by atoms with E-state index in [0.717, 1.165) is 21.8 Å². The Balaban J connectivity index is 1.94. The van der Waals surface area contributed by atoms with Crippen LogP contribution in [0.1, 0.15) is 5.56 Å². The molecule has 0 aliphatic carbocycles. The maximum atomic E-state index is 12.0. The lowest BCUT2D eigenvalue weighted by atomic mass is 10.2. The molecule has 110 valence electrons. The number of aryl methyl sites for hydroxylation is 1. The molecule has 3 N–H and O–H groups in total. The van der Waals surface area contributed by atoms with E-state index in [1.165, 1.54) is 11.8 Å². The summed E-state index contributed by atoms with van der Waals surface area (Å²) in [5.41, 5.74) is 8.46. The van der Waals surface area contributed by atoms with Crippen LogP contribution in [0.4, 0.5) is 11.4 Å². The summed E-state index contributed by atoms with van der Waals surface area (Å²) in [6.45, 7) is 1.95. The van der Waals surface area contributed by atoms with Gasteiger partial charge >= 0.3 is 0 Å². The first-order valence-corrected chi connectivity index (χ1v) is 7.50. The second-order valence-corrected chi connectivity index (χ2v) is 5.57. The predicted octanol–water partition coefficient (Wildman–Crippen LogP) is 3.32. The van der Waals surface area contributed by atoms with Gasteiger partial charge in [0, 0.05) is 22.3 Å². The van der Waals surface area contributed by atoms with Crippen molar-refractivity contribution in [3.05, 3.63) is 48.0 Å². The van der Waals surface area contributed by atoms with E-state index in [2.05, 4.69) is 5.32 Å². The van der Waals surface area contributed by atoms with Crippen LogP contribution in [0.25, 0.3) is 0 Å². The Labute approximate surface area is 128 Å². The number of rotatable bonds is 5. The minimum atomic E-state index is -0.0749. The number of benzene rings is 2. The Hall–Kier alpha value is -2.14. The third-order valence-electron chi connectivity index (χ3n) is 3.00. The largest absolute Gasteiger partial charge is 0.497 e. The monoisotopic (exact) mass is 302 g/mol.